The van der Waals surface area contributed by atoms with Gasteiger partial charge in [0.1, 0.15) is 6.61 Å². The van der Waals surface area contributed by atoms with Crippen molar-refractivity contribution in [1.82, 2.24) is 14.9 Å². The van der Waals surface area contributed by atoms with Gasteiger partial charge in [-0.1, -0.05) is 48.2 Å². The van der Waals surface area contributed by atoms with Gasteiger partial charge in [0.05, 0.1) is 12.9 Å². The number of imidazole rings is 1. The van der Waals surface area contributed by atoms with E-state index in [4.69, 9.17) is 9.47 Å². The fraction of sp³-hybridized carbons (Fsp3) is 0.238. The third-order valence-corrected chi connectivity index (χ3v) is 5.12. The summed E-state index contributed by atoms with van der Waals surface area (Å²) in [6.07, 6.45) is 3.57. The predicted octanol–water partition coefficient (Wildman–Crippen LogP) is 3.42. The van der Waals surface area contributed by atoms with Crippen LogP contribution in [-0.2, 0) is 25.0 Å². The molecule has 0 unspecified atom stereocenters. The van der Waals surface area contributed by atoms with Crippen molar-refractivity contribution >= 4 is 17.7 Å². The van der Waals surface area contributed by atoms with Crippen molar-refractivity contribution in [1.29, 1.82) is 0 Å². The Kier molecular flexibility index (Phi) is 6.97. The molecule has 28 heavy (non-hydrogen) atoms. The van der Waals surface area contributed by atoms with Gasteiger partial charge < -0.3 is 19.4 Å². The summed E-state index contributed by atoms with van der Waals surface area (Å²) in [6.45, 7) is 0.896. The van der Waals surface area contributed by atoms with Gasteiger partial charge in [-0.2, -0.15) is 0 Å². The zero-order chi connectivity index (χ0) is 19.8. The lowest BCUT2D eigenvalue weighted by atomic mass is 10.2. The van der Waals surface area contributed by atoms with Gasteiger partial charge in [-0.25, -0.2) is 4.98 Å². The number of carbonyl (C=O) groups excluding carboxylic acids is 1. The van der Waals surface area contributed by atoms with Crippen molar-refractivity contribution in [2.75, 3.05) is 12.9 Å². The molecule has 2 aromatic carbocycles. The molecule has 1 N–H and O–H groups in total. The standard InChI is InChI=1S/C21H23N3O3S/c1-24-11-10-22-21(24)28-15-20(25)23-13-17-8-9-18(19(12-17)26-2)27-14-16-6-4-3-5-7-16/h3-12H,13-15H2,1-2H3,(H,23,25). The fourth-order valence-electron chi connectivity index (χ4n) is 2.55. The first-order valence-corrected chi connectivity index (χ1v) is 9.84. The van der Waals surface area contributed by atoms with Crippen LogP contribution in [0.4, 0.5) is 0 Å². The van der Waals surface area contributed by atoms with Gasteiger partial charge >= 0.3 is 0 Å². The Hall–Kier alpha value is -2.93. The van der Waals surface area contributed by atoms with E-state index in [1.165, 1.54) is 11.8 Å². The lowest BCUT2D eigenvalue weighted by Gasteiger charge is -2.13. The minimum Gasteiger partial charge on any atom is -0.493 e. The molecule has 0 radical (unpaired) electrons. The third kappa shape index (κ3) is 5.53. The topological polar surface area (TPSA) is 65.4 Å². The molecule has 0 aliphatic heterocycles. The summed E-state index contributed by atoms with van der Waals surface area (Å²) in [7, 11) is 3.51. The highest BCUT2D eigenvalue weighted by molar-refractivity contribution is 7.99. The van der Waals surface area contributed by atoms with Crippen LogP contribution in [0.1, 0.15) is 11.1 Å². The molecule has 0 saturated heterocycles. The molecule has 3 aromatic rings. The summed E-state index contributed by atoms with van der Waals surface area (Å²) in [4.78, 5) is 16.3. The second-order valence-corrected chi connectivity index (χ2v) is 7.09. The van der Waals surface area contributed by atoms with Gasteiger partial charge in [-0.05, 0) is 23.3 Å². The van der Waals surface area contributed by atoms with Crippen LogP contribution in [0, 0.1) is 0 Å². The van der Waals surface area contributed by atoms with Crippen LogP contribution in [0.3, 0.4) is 0 Å². The van der Waals surface area contributed by atoms with Crippen molar-refractivity contribution in [3.63, 3.8) is 0 Å². The van der Waals surface area contributed by atoms with Crippen molar-refractivity contribution < 1.29 is 14.3 Å². The number of amides is 1. The maximum Gasteiger partial charge on any atom is 0.230 e. The highest BCUT2D eigenvalue weighted by Crippen LogP contribution is 2.29. The van der Waals surface area contributed by atoms with Crippen molar-refractivity contribution in [3.8, 4) is 11.5 Å². The summed E-state index contributed by atoms with van der Waals surface area (Å²) in [5.74, 6) is 1.59. The monoisotopic (exact) mass is 397 g/mol. The maximum absolute atomic E-state index is 12.1. The number of hydrogen-bond acceptors (Lipinski definition) is 5. The Balaban J connectivity index is 1.51. The summed E-state index contributed by atoms with van der Waals surface area (Å²) >= 11 is 1.41. The number of nitrogens with zero attached hydrogens (tertiary/aromatic N) is 2. The number of nitrogens with one attached hydrogen (secondary N) is 1. The molecule has 3 rings (SSSR count). The lowest BCUT2D eigenvalue weighted by molar-refractivity contribution is -0.118. The van der Waals surface area contributed by atoms with Crippen LogP contribution in [0.5, 0.6) is 11.5 Å². The molecule has 1 heterocycles. The van der Waals surface area contributed by atoms with Gasteiger partial charge in [0.25, 0.3) is 0 Å². The fourth-order valence-corrected chi connectivity index (χ4v) is 3.31. The number of benzene rings is 2. The Morgan fingerprint density at radius 3 is 2.68 bits per heavy atom. The van der Waals surface area contributed by atoms with Crippen molar-refractivity contribution in [3.05, 3.63) is 72.1 Å². The Bertz CT molecular complexity index is 912. The van der Waals surface area contributed by atoms with E-state index in [-0.39, 0.29) is 5.91 Å². The molecule has 0 saturated carbocycles. The smallest absolute Gasteiger partial charge is 0.230 e. The highest BCUT2D eigenvalue weighted by Gasteiger charge is 2.09. The molecule has 146 valence electrons. The third-order valence-electron chi connectivity index (χ3n) is 4.06. The minimum atomic E-state index is -0.0450. The Labute approximate surface area is 168 Å². The van der Waals surface area contributed by atoms with Crippen LogP contribution in [0.2, 0.25) is 0 Å². The SMILES string of the molecule is COc1cc(CNC(=O)CSc2nccn2C)ccc1OCc1ccccc1. The first kappa shape index (κ1) is 19.8. The van der Waals surface area contributed by atoms with Crippen molar-refractivity contribution in [2.24, 2.45) is 7.05 Å². The van der Waals surface area contributed by atoms with E-state index in [1.807, 2.05) is 66.3 Å². The van der Waals surface area contributed by atoms with E-state index >= 15 is 0 Å². The quantitative estimate of drug-likeness (QED) is 0.561. The highest BCUT2D eigenvalue weighted by atomic mass is 32.2. The van der Waals surface area contributed by atoms with Crippen LogP contribution in [0.25, 0.3) is 0 Å². The van der Waals surface area contributed by atoms with Gasteiger partial charge in [-0.15, -0.1) is 0 Å². The average Bonchev–Trinajstić information content (AvgIpc) is 3.15. The number of methoxy groups -OCH3 is 1. The summed E-state index contributed by atoms with van der Waals surface area (Å²) in [5, 5.41) is 3.73. The number of carbonyl (C=O) groups is 1. The van der Waals surface area contributed by atoms with Crippen LogP contribution in [-0.4, -0.2) is 28.3 Å². The van der Waals surface area contributed by atoms with Gasteiger partial charge in [0.15, 0.2) is 16.7 Å². The Morgan fingerprint density at radius 1 is 1.14 bits per heavy atom. The molecule has 0 fully saturated rings. The van der Waals surface area contributed by atoms with E-state index in [0.29, 0.717) is 30.4 Å². The van der Waals surface area contributed by atoms with Crippen LogP contribution < -0.4 is 14.8 Å². The average molecular weight is 398 g/mol. The lowest BCUT2D eigenvalue weighted by Crippen LogP contribution is -2.24. The van der Waals surface area contributed by atoms with Crippen LogP contribution in [0.15, 0.2) is 66.1 Å². The molecule has 6 nitrogen and oxygen atoms in total. The summed E-state index contributed by atoms with van der Waals surface area (Å²) < 4.78 is 13.2. The number of hydrogen-bond donors (Lipinski definition) is 1. The second-order valence-electron chi connectivity index (χ2n) is 6.15. The molecule has 0 bridgehead atoms. The molecular weight excluding hydrogens is 374 g/mol. The molecule has 0 spiro atoms. The predicted molar refractivity (Wildman–Crippen MR) is 110 cm³/mol. The number of rotatable bonds is 9. The largest absolute Gasteiger partial charge is 0.493 e. The van der Waals surface area contributed by atoms with Gasteiger partial charge in [0.2, 0.25) is 5.91 Å². The number of thioether (sulfide) groups is 1. The summed E-state index contributed by atoms with van der Waals surface area (Å²) in [6, 6.07) is 15.6. The first-order valence-electron chi connectivity index (χ1n) is 8.86. The molecular formula is C21H23N3O3S. The maximum atomic E-state index is 12.1. The van der Waals surface area contributed by atoms with Crippen molar-refractivity contribution in [2.45, 2.75) is 18.3 Å². The molecule has 0 aliphatic carbocycles. The normalized spacial score (nSPS) is 10.5. The zero-order valence-corrected chi connectivity index (χ0v) is 16.7. The number of ether oxygens (including phenoxy) is 2. The van der Waals surface area contributed by atoms with E-state index in [2.05, 4.69) is 10.3 Å². The van der Waals surface area contributed by atoms with E-state index in [0.717, 1.165) is 16.3 Å². The minimum absolute atomic E-state index is 0.0450. The van der Waals surface area contributed by atoms with Crippen LogP contribution >= 0.6 is 11.8 Å². The van der Waals surface area contributed by atoms with Gasteiger partial charge in [0, 0.05) is 26.0 Å². The molecule has 0 atom stereocenters. The van der Waals surface area contributed by atoms with E-state index in [9.17, 15) is 4.79 Å². The summed E-state index contributed by atoms with van der Waals surface area (Å²) in [5.41, 5.74) is 2.03. The molecule has 1 amide bonds. The second kappa shape index (κ2) is 9.85. The number of aryl methyl sites for hydroxylation is 1. The number of aromatic nitrogens is 2. The Morgan fingerprint density at radius 2 is 1.96 bits per heavy atom. The molecule has 1 aromatic heterocycles. The molecule has 0 aliphatic rings. The zero-order valence-electron chi connectivity index (χ0n) is 15.9. The molecule has 7 heteroatoms. The first-order chi connectivity index (χ1) is 13.7. The van der Waals surface area contributed by atoms with E-state index in [1.54, 1.807) is 13.3 Å². The van der Waals surface area contributed by atoms with E-state index < -0.39 is 0 Å². The van der Waals surface area contributed by atoms with Gasteiger partial charge in [-0.3, -0.25) is 4.79 Å².